The van der Waals surface area contributed by atoms with Gasteiger partial charge in [-0.3, -0.25) is 4.90 Å². The van der Waals surface area contributed by atoms with Crippen LogP contribution < -0.4 is 5.32 Å². The van der Waals surface area contributed by atoms with Crippen molar-refractivity contribution in [1.29, 1.82) is 0 Å². The van der Waals surface area contributed by atoms with Gasteiger partial charge in [-0.2, -0.15) is 0 Å². The van der Waals surface area contributed by atoms with Crippen LogP contribution in [0.2, 0.25) is 0 Å². The van der Waals surface area contributed by atoms with Gasteiger partial charge in [0.15, 0.2) is 0 Å². The third kappa shape index (κ3) is 5.25. The highest BCUT2D eigenvalue weighted by Gasteiger charge is 2.25. The van der Waals surface area contributed by atoms with E-state index in [2.05, 4.69) is 49.9 Å². The van der Waals surface area contributed by atoms with Crippen LogP contribution in [0.3, 0.4) is 0 Å². The molecule has 0 aromatic carbocycles. The minimum Gasteiger partial charge on any atom is -0.315 e. The summed E-state index contributed by atoms with van der Waals surface area (Å²) in [5, 5.41) is 3.50. The lowest BCUT2D eigenvalue weighted by atomic mass is 10.1. The van der Waals surface area contributed by atoms with Crippen molar-refractivity contribution in [3.05, 3.63) is 0 Å². The Kier molecular flexibility index (Phi) is 7.20. The molecule has 1 N–H and O–H groups in total. The zero-order valence-electron chi connectivity index (χ0n) is 13.1. The van der Waals surface area contributed by atoms with Gasteiger partial charge in [-0.1, -0.05) is 20.8 Å². The Morgan fingerprint density at radius 2 is 1.94 bits per heavy atom. The summed E-state index contributed by atoms with van der Waals surface area (Å²) in [5.41, 5.74) is 0. The normalized spacial score (nSPS) is 24.7. The highest BCUT2D eigenvalue weighted by molar-refractivity contribution is 4.82. The first-order valence-electron chi connectivity index (χ1n) is 7.72. The maximum Gasteiger partial charge on any atom is 0.0218 e. The van der Waals surface area contributed by atoms with Crippen molar-refractivity contribution in [1.82, 2.24) is 15.1 Å². The maximum atomic E-state index is 3.50. The van der Waals surface area contributed by atoms with Crippen LogP contribution in [0.1, 0.15) is 47.0 Å². The van der Waals surface area contributed by atoms with Crippen molar-refractivity contribution in [2.45, 2.75) is 65.1 Å². The van der Waals surface area contributed by atoms with Crippen molar-refractivity contribution in [3.8, 4) is 0 Å². The zero-order chi connectivity index (χ0) is 13.5. The molecule has 1 aliphatic heterocycles. The first-order chi connectivity index (χ1) is 8.54. The summed E-state index contributed by atoms with van der Waals surface area (Å²) in [6.45, 7) is 14.0. The average molecular weight is 255 g/mol. The summed E-state index contributed by atoms with van der Waals surface area (Å²) in [4.78, 5) is 5.20. The largest absolute Gasteiger partial charge is 0.315 e. The molecule has 1 fully saturated rings. The minimum absolute atomic E-state index is 0.619. The van der Waals surface area contributed by atoms with Gasteiger partial charge in [0.25, 0.3) is 0 Å². The molecule has 0 aromatic rings. The summed E-state index contributed by atoms with van der Waals surface area (Å²) >= 11 is 0. The fourth-order valence-electron chi connectivity index (χ4n) is 2.78. The molecule has 2 atom stereocenters. The van der Waals surface area contributed by atoms with Crippen LogP contribution in [0, 0.1) is 0 Å². The molecule has 2 unspecified atom stereocenters. The molecule has 0 aromatic heterocycles. The van der Waals surface area contributed by atoms with Crippen molar-refractivity contribution in [2.75, 3.05) is 33.2 Å². The molecule has 0 radical (unpaired) electrons. The topological polar surface area (TPSA) is 18.5 Å². The predicted octanol–water partition coefficient (Wildman–Crippen LogP) is 2.18. The summed E-state index contributed by atoms with van der Waals surface area (Å²) < 4.78 is 0. The average Bonchev–Trinajstić information content (AvgIpc) is 2.34. The van der Waals surface area contributed by atoms with Crippen molar-refractivity contribution in [3.63, 3.8) is 0 Å². The van der Waals surface area contributed by atoms with Crippen LogP contribution in [0.15, 0.2) is 0 Å². The summed E-state index contributed by atoms with van der Waals surface area (Å²) in [7, 11) is 2.27. The molecule has 108 valence electrons. The lowest BCUT2D eigenvalue weighted by Crippen LogP contribution is -2.53. The van der Waals surface area contributed by atoms with Crippen molar-refractivity contribution < 1.29 is 0 Å². The van der Waals surface area contributed by atoms with Gasteiger partial charge in [-0.05, 0) is 39.8 Å². The van der Waals surface area contributed by atoms with Gasteiger partial charge >= 0.3 is 0 Å². The molecule has 0 saturated carbocycles. The Balaban J connectivity index is 2.23. The summed E-state index contributed by atoms with van der Waals surface area (Å²) in [6, 6.07) is 2.12. The second-order valence-corrected chi connectivity index (χ2v) is 6.14. The Morgan fingerprint density at radius 1 is 1.22 bits per heavy atom. The predicted molar refractivity (Wildman–Crippen MR) is 80.1 cm³/mol. The number of rotatable bonds is 7. The van der Waals surface area contributed by atoms with Gasteiger partial charge in [0.1, 0.15) is 0 Å². The number of likely N-dealkylation sites (N-methyl/N-ethyl adjacent to an activating group) is 1. The van der Waals surface area contributed by atoms with Crippen LogP contribution in [0.5, 0.6) is 0 Å². The molecule has 1 heterocycles. The fourth-order valence-corrected chi connectivity index (χ4v) is 2.78. The Morgan fingerprint density at radius 3 is 2.56 bits per heavy atom. The number of nitrogens with zero attached hydrogens (tertiary/aromatic N) is 2. The second kappa shape index (κ2) is 8.13. The van der Waals surface area contributed by atoms with Gasteiger partial charge in [0.05, 0.1) is 0 Å². The lowest BCUT2D eigenvalue weighted by Gasteiger charge is -2.42. The Hall–Kier alpha value is -0.120. The highest BCUT2D eigenvalue weighted by atomic mass is 15.3. The van der Waals surface area contributed by atoms with Gasteiger partial charge in [0.2, 0.25) is 0 Å². The van der Waals surface area contributed by atoms with E-state index in [1.807, 2.05) is 0 Å². The highest BCUT2D eigenvalue weighted by Crippen LogP contribution is 2.15. The quantitative estimate of drug-likeness (QED) is 0.704. The van der Waals surface area contributed by atoms with Gasteiger partial charge < -0.3 is 10.2 Å². The van der Waals surface area contributed by atoms with Crippen LogP contribution >= 0.6 is 0 Å². The molecule has 0 spiro atoms. The van der Waals surface area contributed by atoms with E-state index in [0.717, 1.165) is 18.6 Å². The first kappa shape index (κ1) is 15.9. The van der Waals surface area contributed by atoms with Crippen LogP contribution in [-0.4, -0.2) is 61.2 Å². The molecule has 3 nitrogen and oxygen atoms in total. The van der Waals surface area contributed by atoms with Gasteiger partial charge in [0, 0.05) is 37.8 Å². The van der Waals surface area contributed by atoms with Gasteiger partial charge in [-0.25, -0.2) is 0 Å². The van der Waals surface area contributed by atoms with E-state index >= 15 is 0 Å². The summed E-state index contributed by atoms with van der Waals surface area (Å²) in [5.74, 6) is 0. The SMILES string of the molecule is CCC1CN(C(C)CCCNC(C)C)CCN1C. The van der Waals surface area contributed by atoms with E-state index < -0.39 is 0 Å². The molecular formula is C15H33N3. The van der Waals surface area contributed by atoms with Crippen LogP contribution in [-0.2, 0) is 0 Å². The van der Waals surface area contributed by atoms with Gasteiger partial charge in [-0.15, -0.1) is 0 Å². The third-order valence-corrected chi connectivity index (χ3v) is 4.25. The third-order valence-electron chi connectivity index (χ3n) is 4.25. The molecule has 0 amide bonds. The van der Waals surface area contributed by atoms with E-state index in [9.17, 15) is 0 Å². The smallest absolute Gasteiger partial charge is 0.0218 e. The maximum absolute atomic E-state index is 3.50. The molecule has 3 heteroatoms. The standard InChI is InChI=1S/C15H33N3/c1-6-15-12-18(11-10-17(15)5)14(4)8-7-9-16-13(2)3/h13-16H,6-12H2,1-5H3. The van der Waals surface area contributed by atoms with Crippen LogP contribution in [0.4, 0.5) is 0 Å². The minimum atomic E-state index is 0.619. The first-order valence-corrected chi connectivity index (χ1v) is 7.72. The number of hydrogen-bond donors (Lipinski definition) is 1. The molecule has 18 heavy (non-hydrogen) atoms. The molecule has 0 bridgehead atoms. The second-order valence-electron chi connectivity index (χ2n) is 6.14. The molecule has 0 aliphatic carbocycles. The number of hydrogen-bond acceptors (Lipinski definition) is 3. The monoisotopic (exact) mass is 255 g/mol. The summed E-state index contributed by atoms with van der Waals surface area (Å²) in [6.07, 6.45) is 3.89. The number of piperazine rings is 1. The van der Waals surface area contributed by atoms with E-state index in [1.54, 1.807) is 0 Å². The molecule has 1 saturated heterocycles. The lowest BCUT2D eigenvalue weighted by molar-refractivity contribution is 0.0644. The molecule has 1 rings (SSSR count). The molecular weight excluding hydrogens is 222 g/mol. The van der Waals surface area contributed by atoms with E-state index in [-0.39, 0.29) is 0 Å². The van der Waals surface area contributed by atoms with E-state index in [1.165, 1.54) is 38.9 Å². The fraction of sp³-hybridized carbons (Fsp3) is 1.00. The van der Waals surface area contributed by atoms with Crippen molar-refractivity contribution >= 4 is 0 Å². The van der Waals surface area contributed by atoms with E-state index in [4.69, 9.17) is 0 Å². The Bertz CT molecular complexity index is 218. The zero-order valence-corrected chi connectivity index (χ0v) is 13.1. The van der Waals surface area contributed by atoms with E-state index in [0.29, 0.717) is 6.04 Å². The molecule has 1 aliphatic rings. The Labute approximate surface area is 114 Å². The van der Waals surface area contributed by atoms with Crippen molar-refractivity contribution in [2.24, 2.45) is 0 Å². The van der Waals surface area contributed by atoms with Crippen LogP contribution in [0.25, 0.3) is 0 Å². The number of nitrogens with one attached hydrogen (secondary N) is 1.